The summed E-state index contributed by atoms with van der Waals surface area (Å²) in [7, 11) is 1.82. The van der Waals surface area contributed by atoms with Crippen molar-refractivity contribution in [3.63, 3.8) is 0 Å². The summed E-state index contributed by atoms with van der Waals surface area (Å²) in [4.78, 5) is 17.9. The van der Waals surface area contributed by atoms with Crippen LogP contribution in [0.25, 0.3) is 0 Å². The van der Waals surface area contributed by atoms with E-state index in [9.17, 15) is 4.79 Å². The molecule has 21 heavy (non-hydrogen) atoms. The third-order valence-corrected chi connectivity index (χ3v) is 3.32. The molecule has 0 radical (unpaired) electrons. The molecule has 1 atom stereocenters. The first kappa shape index (κ1) is 17.3. The molecule has 0 fully saturated rings. The van der Waals surface area contributed by atoms with Gasteiger partial charge in [0, 0.05) is 32.4 Å². The van der Waals surface area contributed by atoms with Gasteiger partial charge in [0.2, 0.25) is 5.88 Å². The van der Waals surface area contributed by atoms with Gasteiger partial charge in [0.15, 0.2) is 0 Å². The molecule has 0 aliphatic rings. The Morgan fingerprint density at radius 1 is 1.43 bits per heavy atom. The van der Waals surface area contributed by atoms with Crippen LogP contribution in [0, 0.1) is 5.92 Å². The number of nitrogens with one attached hydrogen (secondary N) is 1. The van der Waals surface area contributed by atoms with Crippen molar-refractivity contribution in [2.45, 2.75) is 40.2 Å². The SMILES string of the molecule is CCCOc1ccc(CNC(=O)N(C)C[C@@H](C)CC)cn1. The van der Waals surface area contributed by atoms with Crippen molar-refractivity contribution in [1.29, 1.82) is 0 Å². The van der Waals surface area contributed by atoms with Gasteiger partial charge in [-0.05, 0) is 17.9 Å². The van der Waals surface area contributed by atoms with Crippen molar-refractivity contribution < 1.29 is 9.53 Å². The zero-order valence-electron chi connectivity index (χ0n) is 13.6. The number of carbonyl (C=O) groups excluding carboxylic acids is 1. The van der Waals surface area contributed by atoms with Gasteiger partial charge in [0.25, 0.3) is 0 Å². The minimum Gasteiger partial charge on any atom is -0.478 e. The van der Waals surface area contributed by atoms with Crippen LogP contribution >= 0.6 is 0 Å². The first-order chi connectivity index (χ1) is 10.1. The van der Waals surface area contributed by atoms with E-state index >= 15 is 0 Å². The summed E-state index contributed by atoms with van der Waals surface area (Å²) >= 11 is 0. The van der Waals surface area contributed by atoms with Crippen molar-refractivity contribution in [2.24, 2.45) is 5.92 Å². The lowest BCUT2D eigenvalue weighted by Crippen LogP contribution is -2.39. The molecule has 0 aliphatic heterocycles. The Hall–Kier alpha value is -1.78. The van der Waals surface area contributed by atoms with E-state index in [2.05, 4.69) is 31.1 Å². The van der Waals surface area contributed by atoms with Crippen molar-refractivity contribution in [2.75, 3.05) is 20.2 Å². The molecule has 0 aliphatic carbocycles. The fourth-order valence-corrected chi connectivity index (χ4v) is 1.80. The molecular formula is C16H27N3O2. The number of aromatic nitrogens is 1. The number of hydrogen-bond donors (Lipinski definition) is 1. The Bertz CT molecular complexity index is 420. The Morgan fingerprint density at radius 2 is 2.19 bits per heavy atom. The zero-order chi connectivity index (χ0) is 15.7. The smallest absolute Gasteiger partial charge is 0.317 e. The summed E-state index contributed by atoms with van der Waals surface area (Å²) in [5.41, 5.74) is 0.962. The van der Waals surface area contributed by atoms with Crippen molar-refractivity contribution in [3.05, 3.63) is 23.9 Å². The van der Waals surface area contributed by atoms with E-state index in [0.717, 1.165) is 24.9 Å². The Morgan fingerprint density at radius 3 is 2.76 bits per heavy atom. The van der Waals surface area contributed by atoms with Crippen LogP contribution in [-0.4, -0.2) is 36.1 Å². The van der Waals surface area contributed by atoms with Crippen molar-refractivity contribution in [3.8, 4) is 5.88 Å². The molecule has 1 rings (SSSR count). The summed E-state index contributed by atoms with van der Waals surface area (Å²) in [6, 6.07) is 3.70. The molecule has 0 aromatic carbocycles. The highest BCUT2D eigenvalue weighted by molar-refractivity contribution is 5.73. The third kappa shape index (κ3) is 6.47. The zero-order valence-corrected chi connectivity index (χ0v) is 13.6. The number of amides is 2. The van der Waals surface area contributed by atoms with E-state index < -0.39 is 0 Å². The first-order valence-corrected chi connectivity index (χ1v) is 7.63. The fourth-order valence-electron chi connectivity index (χ4n) is 1.80. The Kier molecular flexibility index (Phi) is 7.58. The number of urea groups is 1. The van der Waals surface area contributed by atoms with E-state index in [1.165, 1.54) is 0 Å². The quantitative estimate of drug-likeness (QED) is 0.801. The second-order valence-corrected chi connectivity index (χ2v) is 5.41. The molecule has 5 nitrogen and oxygen atoms in total. The van der Waals surface area contributed by atoms with Crippen LogP contribution in [0.15, 0.2) is 18.3 Å². The van der Waals surface area contributed by atoms with E-state index in [0.29, 0.717) is 24.9 Å². The van der Waals surface area contributed by atoms with Gasteiger partial charge in [-0.3, -0.25) is 0 Å². The molecule has 0 unspecified atom stereocenters. The maximum Gasteiger partial charge on any atom is 0.317 e. The van der Waals surface area contributed by atoms with Crippen LogP contribution in [0.4, 0.5) is 4.79 Å². The summed E-state index contributed by atoms with van der Waals surface area (Å²) in [6.07, 6.45) is 3.77. The predicted molar refractivity (Wildman–Crippen MR) is 84.3 cm³/mol. The number of rotatable bonds is 8. The molecule has 0 bridgehead atoms. The monoisotopic (exact) mass is 293 g/mol. The van der Waals surface area contributed by atoms with Crippen LogP contribution in [0.3, 0.4) is 0 Å². The second kappa shape index (κ2) is 9.21. The van der Waals surface area contributed by atoms with Crippen LogP contribution in [0.2, 0.25) is 0 Å². The summed E-state index contributed by atoms with van der Waals surface area (Å²) in [5.74, 6) is 1.14. The van der Waals surface area contributed by atoms with Gasteiger partial charge in [-0.25, -0.2) is 9.78 Å². The van der Waals surface area contributed by atoms with Crippen LogP contribution < -0.4 is 10.1 Å². The van der Waals surface area contributed by atoms with Gasteiger partial charge in [-0.15, -0.1) is 0 Å². The van der Waals surface area contributed by atoms with Gasteiger partial charge in [-0.1, -0.05) is 33.3 Å². The molecular weight excluding hydrogens is 266 g/mol. The summed E-state index contributed by atoms with van der Waals surface area (Å²) in [5, 5.41) is 2.90. The third-order valence-electron chi connectivity index (χ3n) is 3.32. The maximum absolute atomic E-state index is 11.9. The Labute approximate surface area is 127 Å². The highest BCUT2D eigenvalue weighted by atomic mass is 16.5. The molecule has 1 aromatic rings. The number of hydrogen-bond acceptors (Lipinski definition) is 3. The van der Waals surface area contributed by atoms with Gasteiger partial charge in [0.1, 0.15) is 0 Å². The van der Waals surface area contributed by atoms with Gasteiger partial charge in [-0.2, -0.15) is 0 Å². The fraction of sp³-hybridized carbons (Fsp3) is 0.625. The minimum absolute atomic E-state index is 0.0541. The molecule has 0 spiro atoms. The average molecular weight is 293 g/mol. The van der Waals surface area contributed by atoms with Gasteiger partial charge >= 0.3 is 6.03 Å². The summed E-state index contributed by atoms with van der Waals surface area (Å²) in [6.45, 7) is 8.24. The largest absolute Gasteiger partial charge is 0.478 e. The van der Waals surface area contributed by atoms with E-state index in [4.69, 9.17) is 4.74 Å². The summed E-state index contributed by atoms with van der Waals surface area (Å²) < 4.78 is 5.42. The molecule has 1 heterocycles. The number of nitrogens with zero attached hydrogens (tertiary/aromatic N) is 2. The lowest BCUT2D eigenvalue weighted by atomic mass is 10.1. The standard InChI is InChI=1S/C16H27N3O2/c1-5-9-21-15-8-7-14(10-17-15)11-18-16(20)19(4)12-13(3)6-2/h7-8,10,13H,5-6,9,11-12H2,1-4H3,(H,18,20)/t13-/m0/s1. The van der Waals surface area contributed by atoms with E-state index in [-0.39, 0.29) is 6.03 Å². The molecule has 2 amide bonds. The lowest BCUT2D eigenvalue weighted by Gasteiger charge is -2.21. The molecule has 118 valence electrons. The number of ether oxygens (including phenoxy) is 1. The van der Waals surface area contributed by atoms with E-state index in [1.54, 1.807) is 11.1 Å². The normalized spacial score (nSPS) is 11.8. The van der Waals surface area contributed by atoms with Gasteiger partial charge < -0.3 is 15.0 Å². The number of carbonyl (C=O) groups is 1. The maximum atomic E-state index is 11.9. The number of pyridine rings is 1. The molecule has 1 N–H and O–H groups in total. The van der Waals surface area contributed by atoms with E-state index in [1.807, 2.05) is 19.2 Å². The first-order valence-electron chi connectivity index (χ1n) is 7.63. The van der Waals surface area contributed by atoms with Crippen molar-refractivity contribution in [1.82, 2.24) is 15.2 Å². The minimum atomic E-state index is -0.0541. The van der Waals surface area contributed by atoms with Crippen LogP contribution in [0.5, 0.6) is 5.88 Å². The molecule has 5 heteroatoms. The topological polar surface area (TPSA) is 54.5 Å². The van der Waals surface area contributed by atoms with Gasteiger partial charge in [0.05, 0.1) is 6.61 Å². The van der Waals surface area contributed by atoms with Crippen molar-refractivity contribution >= 4 is 6.03 Å². The highest BCUT2D eigenvalue weighted by Gasteiger charge is 2.10. The highest BCUT2D eigenvalue weighted by Crippen LogP contribution is 2.08. The predicted octanol–water partition coefficient (Wildman–Crippen LogP) is 3.06. The second-order valence-electron chi connectivity index (χ2n) is 5.41. The lowest BCUT2D eigenvalue weighted by molar-refractivity contribution is 0.201. The Balaban J connectivity index is 2.38. The van der Waals surface area contributed by atoms with Crippen LogP contribution in [-0.2, 0) is 6.54 Å². The molecule has 0 saturated carbocycles. The van der Waals surface area contributed by atoms with Crippen LogP contribution in [0.1, 0.15) is 39.2 Å². The molecule has 0 saturated heterocycles. The molecule has 1 aromatic heterocycles. The average Bonchev–Trinajstić information content (AvgIpc) is 2.51.